The van der Waals surface area contributed by atoms with Crippen molar-refractivity contribution < 1.29 is 17.9 Å². The van der Waals surface area contributed by atoms with E-state index in [1.807, 2.05) is 12.2 Å². The number of rotatable bonds is 4. The van der Waals surface area contributed by atoms with Crippen molar-refractivity contribution in [1.29, 1.82) is 0 Å². The van der Waals surface area contributed by atoms with Gasteiger partial charge in [-0.15, -0.1) is 0 Å². The van der Waals surface area contributed by atoms with E-state index in [2.05, 4.69) is 9.46 Å². The van der Waals surface area contributed by atoms with Crippen LogP contribution in [0.15, 0.2) is 41.3 Å². The maximum atomic E-state index is 12.4. The van der Waals surface area contributed by atoms with Crippen molar-refractivity contribution in [3.63, 3.8) is 0 Å². The van der Waals surface area contributed by atoms with Gasteiger partial charge in [0.2, 0.25) is 10.0 Å². The quantitative estimate of drug-likeness (QED) is 0.680. The summed E-state index contributed by atoms with van der Waals surface area (Å²) in [4.78, 5) is 11.6. The molecule has 20 heavy (non-hydrogen) atoms. The zero-order chi connectivity index (χ0) is 14.6. The van der Waals surface area contributed by atoms with Crippen LogP contribution >= 0.6 is 0 Å². The van der Waals surface area contributed by atoms with E-state index in [1.54, 1.807) is 12.1 Å². The van der Waals surface area contributed by atoms with Gasteiger partial charge in [0, 0.05) is 6.04 Å². The summed E-state index contributed by atoms with van der Waals surface area (Å²) in [5.41, 5.74) is 0.0499. The van der Waals surface area contributed by atoms with Crippen LogP contribution in [0.2, 0.25) is 0 Å². The zero-order valence-electron chi connectivity index (χ0n) is 11.2. The number of carbonyl (C=O) groups is 1. The average Bonchev–Trinajstić information content (AvgIpc) is 2.47. The van der Waals surface area contributed by atoms with E-state index in [9.17, 15) is 13.2 Å². The molecule has 1 aliphatic carbocycles. The summed E-state index contributed by atoms with van der Waals surface area (Å²) in [5.74, 6) is -0.658. The van der Waals surface area contributed by atoms with Crippen LogP contribution in [0.4, 0.5) is 0 Å². The van der Waals surface area contributed by atoms with Crippen LogP contribution in [0.5, 0.6) is 0 Å². The number of esters is 1. The fourth-order valence-corrected chi connectivity index (χ4v) is 3.64. The smallest absolute Gasteiger partial charge is 0.339 e. The Balaban J connectivity index is 2.29. The van der Waals surface area contributed by atoms with Crippen LogP contribution in [0.3, 0.4) is 0 Å². The molecule has 0 spiro atoms. The average molecular weight is 295 g/mol. The molecule has 0 radical (unpaired) electrons. The van der Waals surface area contributed by atoms with Crippen LogP contribution in [0.1, 0.15) is 29.6 Å². The van der Waals surface area contributed by atoms with Gasteiger partial charge in [-0.2, -0.15) is 0 Å². The minimum absolute atomic E-state index is 0.0404. The first kappa shape index (κ1) is 14.7. The third kappa shape index (κ3) is 3.26. The SMILES string of the molecule is COC(=O)c1ccccc1S(=O)(=O)NC1CC=CCC1. The van der Waals surface area contributed by atoms with Crippen molar-refractivity contribution in [3.8, 4) is 0 Å². The lowest BCUT2D eigenvalue weighted by Crippen LogP contribution is -2.36. The van der Waals surface area contributed by atoms with E-state index in [4.69, 9.17) is 0 Å². The Labute approximate surface area is 118 Å². The summed E-state index contributed by atoms with van der Waals surface area (Å²) in [6, 6.07) is 5.92. The topological polar surface area (TPSA) is 72.5 Å². The Kier molecular flexibility index (Phi) is 4.57. The van der Waals surface area contributed by atoms with Gasteiger partial charge in [-0.1, -0.05) is 24.3 Å². The summed E-state index contributed by atoms with van der Waals surface area (Å²) < 4.78 is 32.1. The summed E-state index contributed by atoms with van der Waals surface area (Å²) in [5, 5.41) is 0. The van der Waals surface area contributed by atoms with Crippen LogP contribution in [0, 0.1) is 0 Å². The molecule has 1 aromatic carbocycles. The summed E-state index contributed by atoms with van der Waals surface area (Å²) in [6.45, 7) is 0. The van der Waals surface area contributed by atoms with E-state index in [0.29, 0.717) is 6.42 Å². The molecular weight excluding hydrogens is 278 g/mol. The number of hydrogen-bond donors (Lipinski definition) is 1. The maximum Gasteiger partial charge on any atom is 0.339 e. The van der Waals surface area contributed by atoms with E-state index in [0.717, 1.165) is 12.8 Å². The van der Waals surface area contributed by atoms with Gasteiger partial charge in [0.05, 0.1) is 17.6 Å². The molecule has 0 fully saturated rings. The van der Waals surface area contributed by atoms with E-state index >= 15 is 0 Å². The van der Waals surface area contributed by atoms with Crippen LogP contribution < -0.4 is 4.72 Å². The number of sulfonamides is 1. The summed E-state index contributed by atoms with van der Waals surface area (Å²) in [7, 11) is -2.50. The van der Waals surface area contributed by atoms with Crippen LogP contribution in [-0.4, -0.2) is 27.5 Å². The first-order valence-corrected chi connectivity index (χ1v) is 7.87. The molecule has 1 atom stereocenters. The number of methoxy groups -OCH3 is 1. The summed E-state index contributed by atoms with van der Waals surface area (Å²) >= 11 is 0. The van der Waals surface area contributed by atoms with Crippen molar-refractivity contribution in [2.24, 2.45) is 0 Å². The lowest BCUT2D eigenvalue weighted by Gasteiger charge is -2.20. The van der Waals surface area contributed by atoms with Gasteiger partial charge >= 0.3 is 5.97 Å². The molecule has 108 valence electrons. The number of carbonyl (C=O) groups excluding carboxylic acids is 1. The number of ether oxygens (including phenoxy) is 1. The molecule has 1 aromatic rings. The molecule has 0 aromatic heterocycles. The molecule has 1 N–H and O–H groups in total. The summed E-state index contributed by atoms with van der Waals surface area (Å²) in [6.07, 6.45) is 6.28. The molecule has 0 heterocycles. The zero-order valence-corrected chi connectivity index (χ0v) is 12.0. The third-order valence-corrected chi connectivity index (χ3v) is 4.75. The lowest BCUT2D eigenvalue weighted by molar-refractivity contribution is 0.0596. The largest absolute Gasteiger partial charge is 0.465 e. The second kappa shape index (κ2) is 6.19. The monoisotopic (exact) mass is 295 g/mol. The van der Waals surface area contributed by atoms with Crippen molar-refractivity contribution in [1.82, 2.24) is 4.72 Å². The van der Waals surface area contributed by atoms with Gasteiger partial charge < -0.3 is 4.74 Å². The highest BCUT2D eigenvalue weighted by Gasteiger charge is 2.25. The Morgan fingerprint density at radius 1 is 1.30 bits per heavy atom. The predicted molar refractivity (Wildman–Crippen MR) is 74.9 cm³/mol. The molecule has 0 saturated carbocycles. The number of hydrogen-bond acceptors (Lipinski definition) is 4. The van der Waals surface area contributed by atoms with E-state index in [1.165, 1.54) is 19.2 Å². The number of allylic oxidation sites excluding steroid dienone is 1. The van der Waals surface area contributed by atoms with E-state index < -0.39 is 16.0 Å². The van der Waals surface area contributed by atoms with Crippen molar-refractivity contribution in [3.05, 3.63) is 42.0 Å². The van der Waals surface area contributed by atoms with E-state index in [-0.39, 0.29) is 16.5 Å². The highest BCUT2D eigenvalue weighted by molar-refractivity contribution is 7.89. The standard InChI is InChI=1S/C14H17NO4S/c1-19-14(16)12-9-5-6-10-13(12)20(17,18)15-11-7-3-2-4-8-11/h2-3,5-6,9-11,15H,4,7-8H2,1H3. The fraction of sp³-hybridized carbons (Fsp3) is 0.357. The first-order valence-electron chi connectivity index (χ1n) is 6.39. The van der Waals surface area contributed by atoms with Crippen molar-refractivity contribution in [2.45, 2.75) is 30.2 Å². The molecule has 6 heteroatoms. The second-order valence-electron chi connectivity index (χ2n) is 4.59. The molecule has 0 bridgehead atoms. The van der Waals surface area contributed by atoms with Gasteiger partial charge in [0.25, 0.3) is 0 Å². The molecular formula is C14H17NO4S. The minimum Gasteiger partial charge on any atom is -0.465 e. The third-order valence-electron chi connectivity index (χ3n) is 3.17. The highest BCUT2D eigenvalue weighted by atomic mass is 32.2. The molecule has 1 aliphatic rings. The Morgan fingerprint density at radius 3 is 2.70 bits per heavy atom. The Hall–Kier alpha value is -1.66. The van der Waals surface area contributed by atoms with Crippen LogP contribution in [0.25, 0.3) is 0 Å². The molecule has 0 saturated heterocycles. The van der Waals surface area contributed by atoms with Gasteiger partial charge in [-0.25, -0.2) is 17.9 Å². The fourth-order valence-electron chi connectivity index (χ4n) is 2.16. The molecule has 2 rings (SSSR count). The van der Waals surface area contributed by atoms with Gasteiger partial charge in [-0.3, -0.25) is 0 Å². The van der Waals surface area contributed by atoms with Crippen molar-refractivity contribution in [2.75, 3.05) is 7.11 Å². The molecule has 5 nitrogen and oxygen atoms in total. The normalized spacial score (nSPS) is 18.8. The Morgan fingerprint density at radius 2 is 2.05 bits per heavy atom. The van der Waals surface area contributed by atoms with Crippen LogP contribution in [-0.2, 0) is 14.8 Å². The first-order chi connectivity index (χ1) is 9.54. The second-order valence-corrected chi connectivity index (χ2v) is 6.27. The predicted octanol–water partition coefficient (Wildman–Crippen LogP) is 1.86. The number of nitrogens with one attached hydrogen (secondary N) is 1. The van der Waals surface area contributed by atoms with Gasteiger partial charge in [-0.05, 0) is 31.4 Å². The number of benzene rings is 1. The molecule has 0 amide bonds. The Bertz CT molecular complexity index is 622. The lowest BCUT2D eigenvalue weighted by atomic mass is 10.0. The maximum absolute atomic E-state index is 12.4. The minimum atomic E-state index is -3.73. The van der Waals surface area contributed by atoms with Gasteiger partial charge in [0.1, 0.15) is 0 Å². The van der Waals surface area contributed by atoms with Crippen molar-refractivity contribution >= 4 is 16.0 Å². The van der Waals surface area contributed by atoms with Gasteiger partial charge in [0.15, 0.2) is 0 Å². The molecule has 0 aliphatic heterocycles. The highest BCUT2D eigenvalue weighted by Crippen LogP contribution is 2.19. The molecule has 1 unspecified atom stereocenters.